The van der Waals surface area contributed by atoms with Gasteiger partial charge in [0.05, 0.1) is 6.61 Å². The largest absolute Gasteiger partial charge is 0.413 e. The molecule has 0 bridgehead atoms. The molecule has 1 aliphatic rings. The maximum absolute atomic E-state index is 13.2. The second-order valence-corrected chi connectivity index (χ2v) is 4.72. The number of aromatic nitrogens is 1. The van der Waals surface area contributed by atoms with Crippen molar-refractivity contribution in [2.24, 2.45) is 0 Å². The Morgan fingerprint density at radius 1 is 1.55 bits per heavy atom. The molecule has 2 heterocycles. The molecule has 1 amide bonds. The second-order valence-electron chi connectivity index (χ2n) is 4.72. The molecule has 1 atom stereocenters. The van der Waals surface area contributed by atoms with E-state index in [4.69, 9.17) is 4.74 Å². The molecule has 4 nitrogen and oxygen atoms in total. The lowest BCUT2D eigenvalue weighted by molar-refractivity contribution is -0.192. The van der Waals surface area contributed by atoms with Crippen LogP contribution in [-0.2, 0) is 11.2 Å². The van der Waals surface area contributed by atoms with Crippen LogP contribution >= 0.6 is 0 Å². The average Bonchev–Trinajstić information content (AvgIpc) is 2.88. The lowest BCUT2D eigenvalue weighted by Gasteiger charge is -2.31. The number of amides is 1. The minimum atomic E-state index is -4.54. The first kappa shape index (κ1) is 14.8. The molecule has 1 N–H and O–H groups in total. The summed E-state index contributed by atoms with van der Waals surface area (Å²) in [6.07, 6.45) is -1.42. The van der Waals surface area contributed by atoms with Crippen LogP contribution < -0.4 is 5.32 Å². The Morgan fingerprint density at radius 3 is 2.85 bits per heavy atom. The summed E-state index contributed by atoms with van der Waals surface area (Å²) in [7, 11) is 0. The average molecular weight is 288 g/mol. The van der Waals surface area contributed by atoms with Crippen molar-refractivity contribution in [1.82, 2.24) is 10.3 Å². The van der Waals surface area contributed by atoms with Crippen LogP contribution in [0.3, 0.4) is 0 Å². The van der Waals surface area contributed by atoms with Crippen molar-refractivity contribution in [3.63, 3.8) is 0 Å². The van der Waals surface area contributed by atoms with Crippen LogP contribution in [0.25, 0.3) is 0 Å². The summed E-state index contributed by atoms with van der Waals surface area (Å²) in [5.74, 6) is -0.743. The van der Waals surface area contributed by atoms with Gasteiger partial charge in [-0.25, -0.2) is 0 Å². The van der Waals surface area contributed by atoms with Crippen LogP contribution in [0.4, 0.5) is 13.2 Å². The van der Waals surface area contributed by atoms with Gasteiger partial charge in [0, 0.05) is 31.0 Å². The number of nitrogens with one attached hydrogen (secondary N) is 1. The van der Waals surface area contributed by atoms with E-state index in [1.54, 1.807) is 0 Å². The summed E-state index contributed by atoms with van der Waals surface area (Å²) in [6, 6.07) is 1.42. The highest BCUT2D eigenvalue weighted by atomic mass is 19.4. The van der Waals surface area contributed by atoms with Crippen molar-refractivity contribution < 1.29 is 22.7 Å². The van der Waals surface area contributed by atoms with E-state index in [1.807, 2.05) is 6.92 Å². The molecule has 1 aliphatic heterocycles. The topological polar surface area (TPSA) is 51.2 Å². The molecule has 2 rings (SSSR count). The summed E-state index contributed by atoms with van der Waals surface area (Å²) in [6.45, 7) is 1.25. The van der Waals surface area contributed by atoms with E-state index in [0.717, 1.165) is 0 Å². The highest BCUT2D eigenvalue weighted by Gasteiger charge is 2.58. The van der Waals surface area contributed by atoms with Crippen LogP contribution in [-0.4, -0.2) is 35.8 Å². The zero-order valence-electron chi connectivity index (χ0n) is 11.0. The maximum Gasteiger partial charge on any atom is 0.413 e. The van der Waals surface area contributed by atoms with Gasteiger partial charge < -0.3 is 10.1 Å². The van der Waals surface area contributed by atoms with Crippen molar-refractivity contribution in [2.75, 3.05) is 13.2 Å². The van der Waals surface area contributed by atoms with E-state index < -0.39 is 24.2 Å². The number of pyridine rings is 1. The van der Waals surface area contributed by atoms with Gasteiger partial charge in [-0.2, -0.15) is 13.2 Å². The van der Waals surface area contributed by atoms with E-state index in [1.165, 1.54) is 18.5 Å². The first-order chi connectivity index (χ1) is 9.39. The molecule has 7 heteroatoms. The molecule has 0 radical (unpaired) electrons. The van der Waals surface area contributed by atoms with Crippen LogP contribution in [0.15, 0.2) is 18.5 Å². The Bertz CT molecular complexity index is 497. The highest BCUT2D eigenvalue weighted by molar-refractivity contribution is 5.96. The monoisotopic (exact) mass is 288 g/mol. The predicted octanol–water partition coefficient (Wildman–Crippen LogP) is 2.10. The molecule has 0 aromatic carbocycles. The van der Waals surface area contributed by atoms with Gasteiger partial charge in [0.2, 0.25) is 0 Å². The number of ether oxygens (including phenoxy) is 1. The fraction of sp³-hybridized carbons (Fsp3) is 0.538. The molecule has 110 valence electrons. The number of hydrogen-bond donors (Lipinski definition) is 1. The number of halogens is 3. The van der Waals surface area contributed by atoms with Crippen molar-refractivity contribution in [1.29, 1.82) is 0 Å². The third kappa shape index (κ3) is 2.63. The number of aryl methyl sites for hydroxylation is 1. The predicted molar refractivity (Wildman–Crippen MR) is 65.3 cm³/mol. The normalized spacial score (nSPS) is 22.8. The van der Waals surface area contributed by atoms with Crippen LogP contribution in [0.2, 0.25) is 0 Å². The first-order valence-electron chi connectivity index (χ1n) is 6.29. The zero-order chi connectivity index (χ0) is 14.8. The van der Waals surface area contributed by atoms with Gasteiger partial charge in [0.25, 0.3) is 5.91 Å². The highest BCUT2D eigenvalue weighted by Crippen LogP contribution is 2.37. The molecule has 20 heavy (non-hydrogen) atoms. The Morgan fingerprint density at radius 2 is 2.30 bits per heavy atom. The third-order valence-electron chi connectivity index (χ3n) is 3.45. The van der Waals surface area contributed by atoms with E-state index in [-0.39, 0.29) is 18.6 Å². The SMILES string of the molecule is CCc1cnccc1C(=O)NC1(C(F)(F)F)CCOC1. The quantitative estimate of drug-likeness (QED) is 0.926. The zero-order valence-corrected chi connectivity index (χ0v) is 11.0. The number of alkyl halides is 3. The lowest BCUT2D eigenvalue weighted by atomic mass is 9.96. The Hall–Kier alpha value is -1.63. The molecule has 0 saturated carbocycles. The van der Waals surface area contributed by atoms with Crippen molar-refractivity contribution in [3.8, 4) is 0 Å². The summed E-state index contributed by atoms with van der Waals surface area (Å²) < 4.78 is 44.3. The van der Waals surface area contributed by atoms with Crippen molar-refractivity contribution in [3.05, 3.63) is 29.6 Å². The Balaban J connectivity index is 2.26. The molecule has 1 unspecified atom stereocenters. The van der Waals surface area contributed by atoms with Gasteiger partial charge in [0.1, 0.15) is 0 Å². The fourth-order valence-electron chi connectivity index (χ4n) is 2.17. The van der Waals surface area contributed by atoms with E-state index in [0.29, 0.717) is 12.0 Å². The maximum atomic E-state index is 13.2. The van der Waals surface area contributed by atoms with Crippen molar-refractivity contribution >= 4 is 5.91 Å². The smallest absolute Gasteiger partial charge is 0.379 e. The van der Waals surface area contributed by atoms with Crippen LogP contribution in [0, 0.1) is 0 Å². The summed E-state index contributed by atoms with van der Waals surface area (Å²) >= 11 is 0. The molecule has 1 aromatic rings. The van der Waals surface area contributed by atoms with Gasteiger partial charge in [-0.1, -0.05) is 6.92 Å². The minimum absolute atomic E-state index is 0.0171. The molecule has 1 saturated heterocycles. The van der Waals surface area contributed by atoms with Gasteiger partial charge >= 0.3 is 6.18 Å². The standard InChI is InChI=1S/C13H15F3N2O2/c1-2-9-7-17-5-3-10(9)11(19)18-12(13(14,15)16)4-6-20-8-12/h3,5,7H,2,4,6,8H2,1H3,(H,18,19). The number of rotatable bonds is 3. The van der Waals surface area contributed by atoms with Gasteiger partial charge in [-0.3, -0.25) is 9.78 Å². The first-order valence-corrected chi connectivity index (χ1v) is 6.29. The van der Waals surface area contributed by atoms with E-state index in [2.05, 4.69) is 10.3 Å². The lowest BCUT2D eigenvalue weighted by Crippen LogP contribution is -2.59. The number of carbonyl (C=O) groups excluding carboxylic acids is 1. The third-order valence-corrected chi connectivity index (χ3v) is 3.45. The Kier molecular flexibility index (Phi) is 3.99. The van der Waals surface area contributed by atoms with Gasteiger partial charge in [-0.15, -0.1) is 0 Å². The molecular weight excluding hydrogens is 273 g/mol. The molecule has 0 aliphatic carbocycles. The fourth-order valence-corrected chi connectivity index (χ4v) is 2.17. The summed E-state index contributed by atoms with van der Waals surface area (Å²) in [5, 5.41) is 2.11. The van der Waals surface area contributed by atoms with Gasteiger partial charge in [-0.05, 0) is 18.1 Å². The van der Waals surface area contributed by atoms with E-state index in [9.17, 15) is 18.0 Å². The molecular formula is C13H15F3N2O2. The Labute approximate surface area is 114 Å². The number of nitrogens with zero attached hydrogens (tertiary/aromatic N) is 1. The van der Waals surface area contributed by atoms with Crippen LogP contribution in [0.5, 0.6) is 0 Å². The van der Waals surface area contributed by atoms with Crippen LogP contribution in [0.1, 0.15) is 29.3 Å². The molecule has 1 aromatic heterocycles. The molecule has 1 fully saturated rings. The number of carbonyl (C=O) groups is 1. The molecule has 0 spiro atoms. The van der Waals surface area contributed by atoms with Gasteiger partial charge in [0.15, 0.2) is 5.54 Å². The number of hydrogen-bond acceptors (Lipinski definition) is 3. The minimum Gasteiger partial charge on any atom is -0.379 e. The summed E-state index contributed by atoms with van der Waals surface area (Å²) in [5.41, 5.74) is -1.46. The van der Waals surface area contributed by atoms with E-state index >= 15 is 0 Å². The summed E-state index contributed by atoms with van der Waals surface area (Å²) in [4.78, 5) is 16.0. The van der Waals surface area contributed by atoms with Crippen molar-refractivity contribution in [2.45, 2.75) is 31.5 Å². The second kappa shape index (κ2) is 5.40.